The zero-order chi connectivity index (χ0) is 15.0. The van der Waals surface area contributed by atoms with E-state index < -0.39 is 6.10 Å². The monoisotopic (exact) mass is 301 g/mol. The van der Waals surface area contributed by atoms with E-state index in [2.05, 4.69) is 6.92 Å². The van der Waals surface area contributed by atoms with Crippen LogP contribution in [0.5, 0.6) is 5.75 Å². The van der Waals surface area contributed by atoms with Crippen LogP contribution in [0.1, 0.15) is 38.3 Å². The molecule has 0 saturated heterocycles. The summed E-state index contributed by atoms with van der Waals surface area (Å²) in [5.74, 6) is 0.545. The van der Waals surface area contributed by atoms with E-state index >= 15 is 0 Å². The summed E-state index contributed by atoms with van der Waals surface area (Å²) in [5.41, 5.74) is 6.73. The lowest BCUT2D eigenvalue weighted by Gasteiger charge is -2.14. The number of aliphatic hydroxyl groups excluding tert-OH is 1. The summed E-state index contributed by atoms with van der Waals surface area (Å²) in [6.07, 6.45) is 1.42. The van der Waals surface area contributed by atoms with Crippen LogP contribution in [0.3, 0.4) is 0 Å². The molecule has 0 spiro atoms. The topological polar surface area (TPSA) is 64.7 Å². The first-order valence-electron chi connectivity index (χ1n) is 6.98. The molecule has 0 heterocycles. The van der Waals surface area contributed by atoms with Crippen LogP contribution in [0.4, 0.5) is 0 Å². The largest absolute Gasteiger partial charge is 0.489 e. The van der Waals surface area contributed by atoms with Crippen LogP contribution in [0.2, 0.25) is 5.02 Å². The molecule has 0 aliphatic carbocycles. The number of nitrogens with two attached hydrogens (primary N) is 1. The Morgan fingerprint density at radius 1 is 1.35 bits per heavy atom. The first kappa shape index (κ1) is 17.2. The SMILES string of the molecule is CCCCOCC(O)COc1ccc([C@H](C)N)cc1Cl. The molecule has 114 valence electrons. The maximum Gasteiger partial charge on any atom is 0.138 e. The van der Waals surface area contributed by atoms with Crippen molar-refractivity contribution in [1.29, 1.82) is 0 Å². The second-order valence-electron chi connectivity index (χ2n) is 4.87. The Labute approximate surface area is 125 Å². The molecule has 0 radical (unpaired) electrons. The summed E-state index contributed by atoms with van der Waals surface area (Å²) in [7, 11) is 0. The first-order valence-corrected chi connectivity index (χ1v) is 7.36. The van der Waals surface area contributed by atoms with Gasteiger partial charge in [0.1, 0.15) is 18.5 Å². The maximum atomic E-state index is 9.73. The van der Waals surface area contributed by atoms with Gasteiger partial charge in [-0.25, -0.2) is 0 Å². The van der Waals surface area contributed by atoms with E-state index in [1.807, 2.05) is 13.0 Å². The summed E-state index contributed by atoms with van der Waals surface area (Å²) in [6.45, 7) is 5.08. The van der Waals surface area contributed by atoms with Gasteiger partial charge in [-0.3, -0.25) is 0 Å². The third-order valence-corrected chi connectivity index (χ3v) is 3.16. The fourth-order valence-electron chi connectivity index (χ4n) is 1.62. The van der Waals surface area contributed by atoms with Crippen molar-refractivity contribution < 1.29 is 14.6 Å². The highest BCUT2D eigenvalue weighted by Crippen LogP contribution is 2.27. The second-order valence-corrected chi connectivity index (χ2v) is 5.28. The molecule has 20 heavy (non-hydrogen) atoms. The summed E-state index contributed by atoms with van der Waals surface area (Å²) >= 11 is 6.11. The normalized spacial score (nSPS) is 14.1. The minimum absolute atomic E-state index is 0.0703. The van der Waals surface area contributed by atoms with Crippen LogP contribution < -0.4 is 10.5 Å². The van der Waals surface area contributed by atoms with Crippen molar-refractivity contribution in [2.24, 2.45) is 5.73 Å². The van der Waals surface area contributed by atoms with Gasteiger partial charge >= 0.3 is 0 Å². The van der Waals surface area contributed by atoms with E-state index in [0.717, 1.165) is 18.4 Å². The number of benzene rings is 1. The number of aliphatic hydroxyl groups is 1. The summed E-state index contributed by atoms with van der Waals surface area (Å²) < 4.78 is 10.8. The molecular weight excluding hydrogens is 278 g/mol. The van der Waals surface area contributed by atoms with Gasteiger partial charge in [0, 0.05) is 12.6 Å². The van der Waals surface area contributed by atoms with E-state index in [4.69, 9.17) is 26.8 Å². The summed E-state index contributed by atoms with van der Waals surface area (Å²) in [5, 5.41) is 10.2. The van der Waals surface area contributed by atoms with Crippen molar-refractivity contribution in [1.82, 2.24) is 0 Å². The molecule has 0 aliphatic rings. The summed E-state index contributed by atoms with van der Waals surface area (Å²) in [6, 6.07) is 5.35. The smallest absolute Gasteiger partial charge is 0.138 e. The van der Waals surface area contributed by atoms with Gasteiger partial charge < -0.3 is 20.3 Å². The van der Waals surface area contributed by atoms with Crippen molar-refractivity contribution in [2.45, 2.75) is 38.8 Å². The van der Waals surface area contributed by atoms with Crippen LogP contribution in [0.15, 0.2) is 18.2 Å². The average Bonchev–Trinajstić information content (AvgIpc) is 2.42. The Morgan fingerprint density at radius 3 is 2.70 bits per heavy atom. The molecule has 1 unspecified atom stereocenters. The predicted molar refractivity (Wildman–Crippen MR) is 81.3 cm³/mol. The van der Waals surface area contributed by atoms with Crippen LogP contribution >= 0.6 is 11.6 Å². The Balaban J connectivity index is 2.37. The van der Waals surface area contributed by atoms with Gasteiger partial charge in [0.15, 0.2) is 0 Å². The van der Waals surface area contributed by atoms with Crippen molar-refractivity contribution >= 4 is 11.6 Å². The van der Waals surface area contributed by atoms with Crippen molar-refractivity contribution in [3.63, 3.8) is 0 Å². The van der Waals surface area contributed by atoms with Crippen molar-refractivity contribution in [3.8, 4) is 5.75 Å². The first-order chi connectivity index (χ1) is 9.54. The van der Waals surface area contributed by atoms with Gasteiger partial charge in [-0.15, -0.1) is 0 Å². The number of rotatable bonds is 9. The molecule has 0 fully saturated rings. The second kappa shape index (κ2) is 9.19. The minimum Gasteiger partial charge on any atom is -0.489 e. The van der Waals surface area contributed by atoms with Gasteiger partial charge in [0.25, 0.3) is 0 Å². The molecule has 3 N–H and O–H groups in total. The standard InChI is InChI=1S/C15H24ClNO3/c1-3-4-7-19-9-13(18)10-20-15-6-5-12(11(2)17)8-14(15)16/h5-6,8,11,13,18H,3-4,7,9-10,17H2,1-2H3/t11-,13?/m0/s1. The predicted octanol–water partition coefficient (Wildman–Crippen LogP) is 2.92. The van der Waals surface area contributed by atoms with Crippen LogP contribution in [0.25, 0.3) is 0 Å². The molecule has 0 aliphatic heterocycles. The maximum absolute atomic E-state index is 9.73. The lowest BCUT2D eigenvalue weighted by molar-refractivity contribution is 0.0113. The number of hydrogen-bond acceptors (Lipinski definition) is 4. The molecule has 0 amide bonds. The molecule has 0 aromatic heterocycles. The highest BCUT2D eigenvalue weighted by Gasteiger charge is 2.09. The number of halogens is 1. The van der Waals surface area contributed by atoms with Gasteiger partial charge in [0.05, 0.1) is 11.6 Å². The van der Waals surface area contributed by atoms with E-state index in [1.165, 1.54) is 0 Å². The Bertz CT molecular complexity index is 399. The van der Waals surface area contributed by atoms with Gasteiger partial charge in [-0.2, -0.15) is 0 Å². The Morgan fingerprint density at radius 2 is 2.10 bits per heavy atom. The third kappa shape index (κ3) is 6.09. The van der Waals surface area contributed by atoms with E-state index in [9.17, 15) is 5.11 Å². The Hall–Kier alpha value is -0.810. The highest BCUT2D eigenvalue weighted by molar-refractivity contribution is 6.32. The molecular formula is C15H24ClNO3. The number of ether oxygens (including phenoxy) is 2. The molecule has 2 atom stereocenters. The van der Waals surface area contributed by atoms with Crippen LogP contribution in [-0.4, -0.2) is 31.0 Å². The van der Waals surface area contributed by atoms with Crippen LogP contribution in [0, 0.1) is 0 Å². The van der Waals surface area contributed by atoms with Gasteiger partial charge in [-0.1, -0.05) is 31.0 Å². The molecule has 1 aromatic rings. The van der Waals surface area contributed by atoms with E-state index in [-0.39, 0.29) is 19.3 Å². The molecule has 1 rings (SSSR count). The lowest BCUT2D eigenvalue weighted by atomic mass is 10.1. The third-order valence-electron chi connectivity index (χ3n) is 2.87. The number of unbranched alkanes of at least 4 members (excludes halogenated alkanes) is 1. The average molecular weight is 302 g/mol. The van der Waals surface area contributed by atoms with Crippen LogP contribution in [-0.2, 0) is 4.74 Å². The molecule has 0 bridgehead atoms. The van der Waals surface area contributed by atoms with Gasteiger partial charge in [-0.05, 0) is 31.0 Å². The lowest BCUT2D eigenvalue weighted by Crippen LogP contribution is -2.23. The van der Waals surface area contributed by atoms with Crippen molar-refractivity contribution in [2.75, 3.05) is 19.8 Å². The zero-order valence-electron chi connectivity index (χ0n) is 12.1. The molecule has 1 aromatic carbocycles. The quantitative estimate of drug-likeness (QED) is 0.688. The van der Waals surface area contributed by atoms with Crippen molar-refractivity contribution in [3.05, 3.63) is 28.8 Å². The van der Waals surface area contributed by atoms with Gasteiger partial charge in [0.2, 0.25) is 0 Å². The zero-order valence-corrected chi connectivity index (χ0v) is 12.9. The van der Waals surface area contributed by atoms with E-state index in [1.54, 1.807) is 12.1 Å². The van der Waals surface area contributed by atoms with E-state index in [0.29, 0.717) is 17.4 Å². The fourth-order valence-corrected chi connectivity index (χ4v) is 1.86. The number of hydrogen-bond donors (Lipinski definition) is 2. The molecule has 5 heteroatoms. The minimum atomic E-state index is -0.656. The highest BCUT2D eigenvalue weighted by atomic mass is 35.5. The fraction of sp³-hybridized carbons (Fsp3) is 0.600. The molecule has 0 saturated carbocycles. The summed E-state index contributed by atoms with van der Waals surface area (Å²) in [4.78, 5) is 0. The Kier molecular flexibility index (Phi) is 7.92. The molecule has 4 nitrogen and oxygen atoms in total.